The summed E-state index contributed by atoms with van der Waals surface area (Å²) in [5.74, 6) is -2.59. The largest absolute Gasteiger partial charge is 0.433 e. The highest BCUT2D eigenvalue weighted by Crippen LogP contribution is 2.33. The number of anilines is 2. The molecule has 42 heavy (non-hydrogen) atoms. The van der Waals surface area contributed by atoms with Gasteiger partial charge in [-0.05, 0) is 43.0 Å². The molecule has 2 N–H and O–H groups in total. The number of carbonyl (C=O) groups excluding carboxylic acids is 3. The molecule has 1 aliphatic carbocycles. The van der Waals surface area contributed by atoms with E-state index in [-0.39, 0.29) is 48.5 Å². The zero-order valence-electron chi connectivity index (χ0n) is 22.1. The third-order valence-electron chi connectivity index (χ3n) is 6.83. The molecule has 1 saturated carbocycles. The minimum absolute atomic E-state index is 0.0588. The lowest BCUT2D eigenvalue weighted by Crippen LogP contribution is -2.55. The lowest BCUT2D eigenvalue weighted by Gasteiger charge is -2.37. The van der Waals surface area contributed by atoms with Gasteiger partial charge in [-0.1, -0.05) is 18.0 Å². The van der Waals surface area contributed by atoms with Crippen LogP contribution in [0.4, 0.5) is 33.3 Å². The molecule has 0 unspecified atom stereocenters. The van der Waals surface area contributed by atoms with Crippen LogP contribution in [0.3, 0.4) is 0 Å². The van der Waals surface area contributed by atoms with E-state index in [4.69, 9.17) is 16.3 Å². The highest BCUT2D eigenvalue weighted by atomic mass is 35.5. The van der Waals surface area contributed by atoms with E-state index in [1.54, 1.807) is 0 Å². The zero-order valence-corrected chi connectivity index (χ0v) is 23.7. The summed E-state index contributed by atoms with van der Waals surface area (Å²) in [6.07, 6.45) is -2.43. The first-order valence-corrected chi connectivity index (χ1v) is 14.2. The standard InChI is InChI=1S/C26H28ClF5N4O5S/c27-21-7-6-20(42-21)24(39)33-11-18(35(14-26(30,31)32)12-15-2-1-3-15)23(38)34-17-5-4-16(10-19(17)41-25(28)29)36-8-9-40-13-22(36)37/h4-7,10,15,18,25H,1-3,8-9,11-14H2,(H,33,39)(H,34,38)/t18-/m1/s1. The molecule has 9 nitrogen and oxygen atoms in total. The van der Waals surface area contributed by atoms with E-state index >= 15 is 0 Å². The number of thiophene rings is 1. The van der Waals surface area contributed by atoms with Crippen molar-refractivity contribution in [2.45, 2.75) is 38.1 Å². The Bertz CT molecular complexity index is 1280. The van der Waals surface area contributed by atoms with Gasteiger partial charge in [0, 0.05) is 31.4 Å². The SMILES string of the molecule is O=C(NC[C@H](C(=O)Nc1ccc(N2CCOCC2=O)cc1OC(F)F)N(CC1CCC1)CC(F)(F)F)c1ccc(Cl)s1. The van der Waals surface area contributed by atoms with Crippen LogP contribution in [0, 0.1) is 5.92 Å². The first-order chi connectivity index (χ1) is 19.9. The lowest BCUT2D eigenvalue weighted by molar-refractivity contribution is -0.156. The predicted octanol–water partition coefficient (Wildman–Crippen LogP) is 4.77. The molecule has 1 atom stereocenters. The summed E-state index contributed by atoms with van der Waals surface area (Å²) in [7, 11) is 0. The number of alkyl halides is 5. The van der Waals surface area contributed by atoms with E-state index in [9.17, 15) is 36.3 Å². The number of nitrogens with one attached hydrogen (secondary N) is 2. The molecule has 1 aromatic carbocycles. The van der Waals surface area contributed by atoms with Crippen LogP contribution < -0.4 is 20.3 Å². The molecule has 0 spiro atoms. The number of hydrogen-bond donors (Lipinski definition) is 2. The van der Waals surface area contributed by atoms with Gasteiger partial charge in [0.25, 0.3) is 11.8 Å². The summed E-state index contributed by atoms with van der Waals surface area (Å²) in [4.78, 5) is 40.9. The average Bonchev–Trinajstić information content (AvgIpc) is 3.32. The van der Waals surface area contributed by atoms with Gasteiger partial charge in [0.15, 0.2) is 5.75 Å². The Morgan fingerprint density at radius 1 is 1.21 bits per heavy atom. The van der Waals surface area contributed by atoms with Crippen molar-refractivity contribution in [2.75, 3.05) is 49.6 Å². The Hall–Kier alpha value is -3.01. The van der Waals surface area contributed by atoms with Crippen molar-refractivity contribution in [3.63, 3.8) is 0 Å². The van der Waals surface area contributed by atoms with Crippen LogP contribution >= 0.6 is 22.9 Å². The summed E-state index contributed by atoms with van der Waals surface area (Å²) >= 11 is 6.84. The van der Waals surface area contributed by atoms with Crippen molar-refractivity contribution >= 4 is 52.0 Å². The summed E-state index contributed by atoms with van der Waals surface area (Å²) in [5, 5.41) is 4.89. The Morgan fingerprint density at radius 3 is 2.57 bits per heavy atom. The van der Waals surface area contributed by atoms with Gasteiger partial charge in [0.05, 0.1) is 28.1 Å². The molecular weight excluding hydrogens is 611 g/mol. The van der Waals surface area contributed by atoms with Crippen molar-refractivity contribution in [2.24, 2.45) is 5.92 Å². The Balaban J connectivity index is 1.60. The van der Waals surface area contributed by atoms with Crippen LogP contribution in [0.2, 0.25) is 4.34 Å². The maximum absolute atomic E-state index is 13.6. The molecule has 2 aliphatic rings. The molecule has 1 saturated heterocycles. The normalized spacial score (nSPS) is 16.9. The van der Waals surface area contributed by atoms with Gasteiger partial charge in [-0.25, -0.2) is 0 Å². The van der Waals surface area contributed by atoms with E-state index in [1.807, 2.05) is 0 Å². The summed E-state index contributed by atoms with van der Waals surface area (Å²) in [5.41, 5.74) is -0.0409. The van der Waals surface area contributed by atoms with Crippen LogP contribution in [0.1, 0.15) is 28.9 Å². The lowest BCUT2D eigenvalue weighted by atomic mass is 9.84. The van der Waals surface area contributed by atoms with E-state index in [2.05, 4.69) is 15.4 Å². The fourth-order valence-electron chi connectivity index (χ4n) is 4.62. The van der Waals surface area contributed by atoms with E-state index in [1.165, 1.54) is 29.2 Å². The topological polar surface area (TPSA) is 100 Å². The molecule has 1 aromatic heterocycles. The number of rotatable bonds is 12. The quantitative estimate of drug-likeness (QED) is 0.325. The number of hydrogen-bond acceptors (Lipinski definition) is 7. The molecule has 3 amide bonds. The van der Waals surface area contributed by atoms with Crippen molar-refractivity contribution in [1.82, 2.24) is 10.2 Å². The summed E-state index contributed by atoms with van der Waals surface area (Å²) in [6.45, 7) is -5.12. The molecule has 16 heteroatoms. The second-order valence-corrected chi connectivity index (χ2v) is 11.5. The van der Waals surface area contributed by atoms with Crippen molar-refractivity contribution < 1.29 is 45.8 Å². The molecular formula is C26H28ClF5N4O5S. The third-order valence-corrected chi connectivity index (χ3v) is 8.06. The van der Waals surface area contributed by atoms with Crippen LogP contribution in [-0.2, 0) is 14.3 Å². The Morgan fingerprint density at radius 2 is 1.98 bits per heavy atom. The molecule has 2 fully saturated rings. The second-order valence-electron chi connectivity index (χ2n) is 9.82. The van der Waals surface area contributed by atoms with Gasteiger partial charge in [-0.3, -0.25) is 19.3 Å². The number of ether oxygens (including phenoxy) is 2. The minimum Gasteiger partial charge on any atom is -0.433 e. The van der Waals surface area contributed by atoms with Gasteiger partial charge in [-0.2, -0.15) is 22.0 Å². The second kappa shape index (κ2) is 14.0. The van der Waals surface area contributed by atoms with Crippen molar-refractivity contribution in [3.8, 4) is 5.75 Å². The van der Waals surface area contributed by atoms with E-state index < -0.39 is 55.4 Å². The van der Waals surface area contributed by atoms with Gasteiger partial charge in [-0.15, -0.1) is 11.3 Å². The van der Waals surface area contributed by atoms with Crippen molar-refractivity contribution in [1.29, 1.82) is 0 Å². The van der Waals surface area contributed by atoms with Crippen LogP contribution in [0.15, 0.2) is 30.3 Å². The van der Waals surface area contributed by atoms with E-state index in [0.717, 1.165) is 28.7 Å². The first kappa shape index (κ1) is 31.9. The Labute approximate surface area is 246 Å². The van der Waals surface area contributed by atoms with Crippen LogP contribution in [0.5, 0.6) is 5.75 Å². The minimum atomic E-state index is -4.66. The predicted molar refractivity (Wildman–Crippen MR) is 145 cm³/mol. The number of amides is 3. The van der Waals surface area contributed by atoms with Gasteiger partial charge in [0.2, 0.25) is 5.91 Å². The smallest absolute Gasteiger partial charge is 0.401 e. The van der Waals surface area contributed by atoms with Crippen molar-refractivity contribution in [3.05, 3.63) is 39.5 Å². The zero-order chi connectivity index (χ0) is 30.4. The number of morpholine rings is 1. The average molecular weight is 639 g/mol. The van der Waals surface area contributed by atoms with Gasteiger partial charge in [0.1, 0.15) is 12.6 Å². The maximum Gasteiger partial charge on any atom is 0.401 e. The molecule has 0 radical (unpaired) electrons. The van der Waals surface area contributed by atoms with Gasteiger partial charge >= 0.3 is 12.8 Å². The fourth-order valence-corrected chi connectivity index (χ4v) is 5.58. The third kappa shape index (κ3) is 8.75. The highest BCUT2D eigenvalue weighted by Gasteiger charge is 2.39. The molecule has 4 rings (SSSR count). The number of halogens is 6. The number of nitrogens with zero attached hydrogens (tertiary/aromatic N) is 2. The maximum atomic E-state index is 13.6. The van der Waals surface area contributed by atoms with Crippen LogP contribution in [-0.4, -0.2) is 80.8 Å². The molecule has 2 aromatic rings. The number of benzene rings is 1. The monoisotopic (exact) mass is 638 g/mol. The summed E-state index contributed by atoms with van der Waals surface area (Å²) in [6, 6.07) is 5.13. The number of carbonyl (C=O) groups is 3. The summed E-state index contributed by atoms with van der Waals surface area (Å²) < 4.78 is 77.5. The molecule has 2 heterocycles. The first-order valence-electron chi connectivity index (χ1n) is 13.0. The molecule has 1 aliphatic heterocycles. The molecule has 230 valence electrons. The molecule has 0 bridgehead atoms. The van der Waals surface area contributed by atoms with Crippen LogP contribution in [0.25, 0.3) is 0 Å². The van der Waals surface area contributed by atoms with Gasteiger partial charge < -0.3 is 25.0 Å². The Kier molecular flexibility index (Phi) is 10.6. The highest BCUT2D eigenvalue weighted by molar-refractivity contribution is 7.18. The van der Waals surface area contributed by atoms with E-state index in [0.29, 0.717) is 17.2 Å². The fraction of sp³-hybridized carbons (Fsp3) is 0.500.